The summed E-state index contributed by atoms with van der Waals surface area (Å²) >= 11 is 6.18. The number of pyridine rings is 1. The second-order valence-corrected chi connectivity index (χ2v) is 6.51. The van der Waals surface area contributed by atoms with Crippen LogP contribution in [0.25, 0.3) is 16.9 Å². The van der Waals surface area contributed by atoms with Gasteiger partial charge in [-0.1, -0.05) is 35.9 Å². The van der Waals surface area contributed by atoms with Gasteiger partial charge in [0.15, 0.2) is 5.82 Å². The maximum atomic E-state index is 12.7. The average Bonchev–Trinajstić information content (AvgIpc) is 3.12. The minimum Gasteiger partial charge on any atom is -0.370 e. The van der Waals surface area contributed by atoms with E-state index in [0.29, 0.717) is 23.7 Å². The monoisotopic (exact) mass is 392 g/mol. The van der Waals surface area contributed by atoms with Crippen molar-refractivity contribution in [1.29, 1.82) is 0 Å². The van der Waals surface area contributed by atoms with Crippen molar-refractivity contribution < 1.29 is 0 Å². The van der Waals surface area contributed by atoms with E-state index in [0.717, 1.165) is 22.6 Å². The fourth-order valence-electron chi connectivity index (χ4n) is 2.86. The topological polar surface area (TPSA) is 88.5 Å². The molecule has 0 saturated heterocycles. The van der Waals surface area contributed by atoms with E-state index in [1.54, 1.807) is 30.7 Å². The van der Waals surface area contributed by atoms with Crippen LogP contribution >= 0.6 is 11.6 Å². The number of rotatable bonds is 6. The maximum Gasteiger partial charge on any atom is 0.280 e. The molecule has 0 aliphatic heterocycles. The van der Waals surface area contributed by atoms with Gasteiger partial charge >= 0.3 is 0 Å². The number of hydrogen-bond acceptors (Lipinski definition) is 5. The van der Waals surface area contributed by atoms with Crippen LogP contribution in [0.3, 0.4) is 0 Å². The number of H-pyrrole nitrogens is 1. The van der Waals surface area contributed by atoms with E-state index < -0.39 is 0 Å². The third-order valence-electron chi connectivity index (χ3n) is 4.28. The molecule has 7 nitrogen and oxygen atoms in total. The van der Waals surface area contributed by atoms with Crippen LogP contribution in [-0.2, 0) is 6.42 Å². The highest BCUT2D eigenvalue weighted by molar-refractivity contribution is 6.31. The molecule has 0 aliphatic carbocycles. The van der Waals surface area contributed by atoms with Gasteiger partial charge in [-0.3, -0.25) is 14.9 Å². The molecule has 28 heavy (non-hydrogen) atoms. The fraction of sp³-hybridized carbons (Fsp3) is 0.100. The molecule has 1 aromatic carbocycles. The largest absolute Gasteiger partial charge is 0.370 e. The van der Waals surface area contributed by atoms with Gasteiger partial charge in [-0.05, 0) is 24.1 Å². The zero-order valence-electron chi connectivity index (χ0n) is 14.8. The van der Waals surface area contributed by atoms with Crippen LogP contribution in [0.1, 0.15) is 5.56 Å². The lowest BCUT2D eigenvalue weighted by Gasteiger charge is -2.08. The van der Waals surface area contributed by atoms with Gasteiger partial charge in [-0.15, -0.1) is 0 Å². The summed E-state index contributed by atoms with van der Waals surface area (Å²) in [7, 11) is 0. The van der Waals surface area contributed by atoms with Crippen LogP contribution in [-0.4, -0.2) is 31.3 Å². The first-order chi connectivity index (χ1) is 13.7. The van der Waals surface area contributed by atoms with E-state index in [2.05, 4.69) is 25.4 Å². The molecule has 0 radical (unpaired) electrons. The van der Waals surface area contributed by atoms with Gasteiger partial charge in [-0.25, -0.2) is 14.6 Å². The molecule has 4 rings (SSSR count). The van der Waals surface area contributed by atoms with Crippen molar-refractivity contribution in [1.82, 2.24) is 24.7 Å². The third-order valence-corrected chi connectivity index (χ3v) is 4.65. The Kier molecular flexibility index (Phi) is 5.16. The molecule has 0 amide bonds. The average molecular weight is 393 g/mol. The summed E-state index contributed by atoms with van der Waals surface area (Å²) in [6.07, 6.45) is 7.14. The van der Waals surface area contributed by atoms with E-state index in [9.17, 15) is 4.79 Å². The molecule has 0 bridgehead atoms. The SMILES string of the molecule is O=c1c(-c2cccnc2)c[nH]n1-c1cc(NCCc2ccccc2Cl)ncn1. The van der Waals surface area contributed by atoms with Crippen LogP contribution in [0.4, 0.5) is 5.82 Å². The van der Waals surface area contributed by atoms with Gasteiger partial charge in [-0.2, -0.15) is 0 Å². The maximum absolute atomic E-state index is 12.7. The zero-order valence-corrected chi connectivity index (χ0v) is 15.6. The second kappa shape index (κ2) is 8.06. The van der Waals surface area contributed by atoms with Crippen molar-refractivity contribution in [2.75, 3.05) is 11.9 Å². The summed E-state index contributed by atoms with van der Waals surface area (Å²) in [6, 6.07) is 13.1. The van der Waals surface area contributed by atoms with E-state index in [-0.39, 0.29) is 5.56 Å². The highest BCUT2D eigenvalue weighted by atomic mass is 35.5. The molecular weight excluding hydrogens is 376 g/mol. The first-order valence-electron chi connectivity index (χ1n) is 8.73. The number of nitrogens with zero attached hydrogens (tertiary/aromatic N) is 4. The lowest BCUT2D eigenvalue weighted by molar-refractivity contribution is 0.812. The zero-order chi connectivity index (χ0) is 19.3. The van der Waals surface area contributed by atoms with Gasteiger partial charge < -0.3 is 5.32 Å². The van der Waals surface area contributed by atoms with Crippen LogP contribution in [0.5, 0.6) is 0 Å². The molecule has 8 heteroatoms. The fourth-order valence-corrected chi connectivity index (χ4v) is 3.09. The Labute approximate surface area is 166 Å². The number of anilines is 1. The molecule has 0 atom stereocenters. The van der Waals surface area contributed by atoms with Crippen molar-refractivity contribution in [2.45, 2.75) is 6.42 Å². The molecular formula is C20H17ClN6O. The molecule has 0 aliphatic rings. The quantitative estimate of drug-likeness (QED) is 0.525. The van der Waals surface area contributed by atoms with Gasteiger partial charge in [0.2, 0.25) is 0 Å². The summed E-state index contributed by atoms with van der Waals surface area (Å²) in [5.41, 5.74) is 2.14. The van der Waals surface area contributed by atoms with Crippen molar-refractivity contribution in [2.24, 2.45) is 0 Å². The molecule has 2 N–H and O–H groups in total. The predicted molar refractivity (Wildman–Crippen MR) is 109 cm³/mol. The molecule has 0 saturated carbocycles. The number of nitrogens with one attached hydrogen (secondary N) is 2. The Morgan fingerprint density at radius 1 is 1.14 bits per heavy atom. The van der Waals surface area contributed by atoms with Crippen molar-refractivity contribution in [3.8, 4) is 16.9 Å². The predicted octanol–water partition coefficient (Wildman–Crippen LogP) is 3.33. The molecule has 0 spiro atoms. The number of hydrogen-bond donors (Lipinski definition) is 2. The second-order valence-electron chi connectivity index (χ2n) is 6.10. The Bertz CT molecular complexity index is 1140. The van der Waals surface area contributed by atoms with Gasteiger partial charge in [0.25, 0.3) is 5.56 Å². The first-order valence-corrected chi connectivity index (χ1v) is 9.11. The van der Waals surface area contributed by atoms with E-state index in [1.165, 1.54) is 11.0 Å². The van der Waals surface area contributed by atoms with E-state index in [1.807, 2.05) is 30.3 Å². The summed E-state index contributed by atoms with van der Waals surface area (Å²) in [4.78, 5) is 25.2. The highest BCUT2D eigenvalue weighted by Crippen LogP contribution is 2.16. The van der Waals surface area contributed by atoms with Gasteiger partial charge in [0, 0.05) is 41.8 Å². The molecule has 140 valence electrons. The Hall–Kier alpha value is -3.45. The van der Waals surface area contributed by atoms with Crippen molar-refractivity contribution in [3.05, 3.63) is 88.3 Å². The summed E-state index contributed by atoms with van der Waals surface area (Å²) in [6.45, 7) is 0.654. The van der Waals surface area contributed by atoms with E-state index in [4.69, 9.17) is 11.6 Å². The standard InChI is InChI=1S/C20H17ClN6O/c21-17-6-2-1-4-14(17)7-9-23-18-10-19(25-13-24-18)27-20(28)16(12-26-27)15-5-3-8-22-11-15/h1-6,8,10-13,26H,7,9H2,(H,23,24,25). The number of aromatic amines is 1. The molecule has 0 unspecified atom stereocenters. The molecule has 4 aromatic rings. The van der Waals surface area contributed by atoms with E-state index >= 15 is 0 Å². The normalized spacial score (nSPS) is 10.8. The van der Waals surface area contributed by atoms with Crippen LogP contribution in [0.2, 0.25) is 5.02 Å². The lowest BCUT2D eigenvalue weighted by atomic mass is 10.1. The minimum atomic E-state index is -0.200. The van der Waals surface area contributed by atoms with Crippen LogP contribution in [0.15, 0.2) is 72.2 Å². The van der Waals surface area contributed by atoms with Crippen molar-refractivity contribution >= 4 is 17.4 Å². The number of benzene rings is 1. The lowest BCUT2D eigenvalue weighted by Crippen LogP contribution is -2.17. The summed E-state index contributed by atoms with van der Waals surface area (Å²) in [5.74, 6) is 1.08. The number of aromatic nitrogens is 5. The summed E-state index contributed by atoms with van der Waals surface area (Å²) < 4.78 is 1.38. The van der Waals surface area contributed by atoms with Crippen LogP contribution in [0, 0.1) is 0 Å². The minimum absolute atomic E-state index is 0.200. The Morgan fingerprint density at radius 3 is 2.86 bits per heavy atom. The summed E-state index contributed by atoms with van der Waals surface area (Å²) in [5, 5.41) is 6.93. The first kappa shape index (κ1) is 17.9. The third kappa shape index (κ3) is 3.79. The smallest absolute Gasteiger partial charge is 0.280 e. The Balaban J connectivity index is 1.51. The van der Waals surface area contributed by atoms with Gasteiger partial charge in [0.1, 0.15) is 12.1 Å². The van der Waals surface area contributed by atoms with Crippen LogP contribution < -0.4 is 10.9 Å². The molecule has 0 fully saturated rings. The highest BCUT2D eigenvalue weighted by Gasteiger charge is 2.11. The molecule has 3 aromatic heterocycles. The van der Waals surface area contributed by atoms with Gasteiger partial charge in [0.05, 0.1) is 5.56 Å². The number of halogens is 1. The Morgan fingerprint density at radius 2 is 2.04 bits per heavy atom. The van der Waals surface area contributed by atoms with Crippen molar-refractivity contribution in [3.63, 3.8) is 0 Å². The molecule has 3 heterocycles.